The monoisotopic (exact) mass is 439 g/mol. The summed E-state index contributed by atoms with van der Waals surface area (Å²) in [5.74, 6) is -1.93. The number of halogens is 1. The third-order valence-electron chi connectivity index (χ3n) is 3.69. The summed E-state index contributed by atoms with van der Waals surface area (Å²) in [5, 5.41) is 18.2. The molecule has 2 rings (SSSR count). The molecule has 0 bridgehead atoms. The van der Waals surface area contributed by atoms with Crippen LogP contribution in [0.25, 0.3) is 0 Å². The SMILES string of the molecule is COc1ccc(CNc2ccc(Br)c(C)c2)c(OC)c1C.O=C(O)C(=O)O. The standard InChI is InChI=1S/C17H20BrNO2.C2H2O4/c1-11-9-14(6-7-15(11)18)19-10-13-5-8-16(20-3)12(2)17(13)21-4;3-1(4)2(5)6/h5-9,19H,10H2,1-4H3;(H,3,4)(H,5,6). The van der Waals surface area contributed by atoms with E-state index >= 15 is 0 Å². The third kappa shape index (κ3) is 6.49. The van der Waals surface area contributed by atoms with Crippen molar-refractivity contribution in [2.24, 2.45) is 0 Å². The van der Waals surface area contributed by atoms with Gasteiger partial charge in [0.2, 0.25) is 0 Å². The zero-order valence-electron chi connectivity index (χ0n) is 15.5. The number of carboxylic acid groups (broad SMARTS) is 2. The molecule has 0 amide bonds. The number of ether oxygens (including phenoxy) is 2. The fourth-order valence-corrected chi connectivity index (χ4v) is 2.57. The molecular formula is C19H22BrNO6. The van der Waals surface area contributed by atoms with Crippen LogP contribution >= 0.6 is 15.9 Å². The summed E-state index contributed by atoms with van der Waals surface area (Å²) < 4.78 is 12.0. The van der Waals surface area contributed by atoms with Crippen molar-refractivity contribution in [1.29, 1.82) is 0 Å². The zero-order chi connectivity index (χ0) is 20.6. The highest BCUT2D eigenvalue weighted by molar-refractivity contribution is 9.10. The van der Waals surface area contributed by atoms with Crippen molar-refractivity contribution < 1.29 is 29.3 Å². The number of aliphatic carboxylic acids is 2. The van der Waals surface area contributed by atoms with Gasteiger partial charge in [-0.1, -0.05) is 15.9 Å². The van der Waals surface area contributed by atoms with Gasteiger partial charge >= 0.3 is 11.9 Å². The highest BCUT2D eigenvalue weighted by Crippen LogP contribution is 2.31. The molecule has 2 aromatic carbocycles. The van der Waals surface area contributed by atoms with E-state index in [2.05, 4.69) is 40.3 Å². The van der Waals surface area contributed by atoms with Crippen molar-refractivity contribution in [3.63, 3.8) is 0 Å². The number of benzene rings is 2. The molecule has 8 heteroatoms. The van der Waals surface area contributed by atoms with Gasteiger partial charge in [-0.25, -0.2) is 9.59 Å². The van der Waals surface area contributed by atoms with Crippen LogP contribution in [-0.4, -0.2) is 36.4 Å². The third-order valence-corrected chi connectivity index (χ3v) is 4.58. The lowest BCUT2D eigenvalue weighted by Gasteiger charge is -2.15. The molecule has 0 aliphatic carbocycles. The van der Waals surface area contributed by atoms with Crippen LogP contribution < -0.4 is 14.8 Å². The number of methoxy groups -OCH3 is 2. The molecule has 0 atom stereocenters. The number of anilines is 1. The Balaban J connectivity index is 0.000000527. The van der Waals surface area contributed by atoms with Gasteiger partial charge in [0.15, 0.2) is 0 Å². The molecule has 27 heavy (non-hydrogen) atoms. The van der Waals surface area contributed by atoms with Crippen molar-refractivity contribution in [2.75, 3.05) is 19.5 Å². The summed E-state index contributed by atoms with van der Waals surface area (Å²) in [6.45, 7) is 4.79. The van der Waals surface area contributed by atoms with E-state index in [4.69, 9.17) is 29.3 Å². The normalized spacial score (nSPS) is 9.67. The molecule has 0 spiro atoms. The molecule has 0 aliphatic rings. The van der Waals surface area contributed by atoms with Gasteiger partial charge in [0.1, 0.15) is 11.5 Å². The smallest absolute Gasteiger partial charge is 0.414 e. The van der Waals surface area contributed by atoms with E-state index in [1.807, 2.05) is 25.1 Å². The van der Waals surface area contributed by atoms with Gasteiger partial charge in [-0.2, -0.15) is 0 Å². The average Bonchev–Trinajstić information content (AvgIpc) is 2.63. The fraction of sp³-hybridized carbons (Fsp3) is 0.263. The highest BCUT2D eigenvalue weighted by atomic mass is 79.9. The minimum atomic E-state index is -1.82. The summed E-state index contributed by atoms with van der Waals surface area (Å²) >= 11 is 3.51. The summed E-state index contributed by atoms with van der Waals surface area (Å²) in [5.41, 5.74) is 4.42. The van der Waals surface area contributed by atoms with Gasteiger partial charge in [-0.15, -0.1) is 0 Å². The molecule has 0 fully saturated rings. The van der Waals surface area contributed by atoms with E-state index in [1.54, 1.807) is 14.2 Å². The van der Waals surface area contributed by atoms with Crippen LogP contribution in [0.1, 0.15) is 16.7 Å². The summed E-state index contributed by atoms with van der Waals surface area (Å²) in [7, 11) is 3.36. The first-order chi connectivity index (χ1) is 12.7. The maximum absolute atomic E-state index is 9.10. The quantitative estimate of drug-likeness (QED) is 0.607. The molecule has 0 saturated heterocycles. The van der Waals surface area contributed by atoms with Crippen molar-refractivity contribution in [2.45, 2.75) is 20.4 Å². The number of aryl methyl sites for hydroxylation is 1. The lowest BCUT2D eigenvalue weighted by molar-refractivity contribution is -0.159. The number of hydrogen-bond donors (Lipinski definition) is 3. The molecule has 0 saturated carbocycles. The number of carbonyl (C=O) groups is 2. The predicted octanol–water partition coefficient (Wildman–Crippen LogP) is 3.85. The van der Waals surface area contributed by atoms with Crippen molar-refractivity contribution >= 4 is 33.6 Å². The molecular weight excluding hydrogens is 418 g/mol. The van der Waals surface area contributed by atoms with Gasteiger partial charge in [0, 0.05) is 27.8 Å². The Hall–Kier alpha value is -2.74. The molecule has 3 N–H and O–H groups in total. The first kappa shape index (κ1) is 22.3. The Bertz CT molecular complexity index is 810. The van der Waals surface area contributed by atoms with Crippen molar-refractivity contribution in [3.8, 4) is 11.5 Å². The maximum atomic E-state index is 9.10. The molecule has 0 heterocycles. The maximum Gasteiger partial charge on any atom is 0.414 e. The topological polar surface area (TPSA) is 105 Å². The van der Waals surface area contributed by atoms with Gasteiger partial charge in [0.25, 0.3) is 0 Å². The van der Waals surface area contributed by atoms with Gasteiger partial charge in [-0.05, 0) is 49.7 Å². The van der Waals surface area contributed by atoms with Crippen LogP contribution in [-0.2, 0) is 16.1 Å². The molecule has 7 nitrogen and oxygen atoms in total. The van der Waals surface area contributed by atoms with Crippen LogP contribution in [0.4, 0.5) is 5.69 Å². The zero-order valence-corrected chi connectivity index (χ0v) is 17.1. The number of hydrogen-bond acceptors (Lipinski definition) is 5. The van der Waals surface area contributed by atoms with Gasteiger partial charge < -0.3 is 25.0 Å². The van der Waals surface area contributed by atoms with E-state index in [1.165, 1.54) is 5.56 Å². The highest BCUT2D eigenvalue weighted by Gasteiger charge is 2.11. The van der Waals surface area contributed by atoms with Crippen LogP contribution in [0.5, 0.6) is 11.5 Å². The summed E-state index contributed by atoms with van der Waals surface area (Å²) in [4.78, 5) is 18.2. The summed E-state index contributed by atoms with van der Waals surface area (Å²) in [6.07, 6.45) is 0. The second-order valence-corrected chi connectivity index (χ2v) is 6.37. The van der Waals surface area contributed by atoms with E-state index in [9.17, 15) is 0 Å². The second kappa shape index (κ2) is 10.4. The van der Waals surface area contributed by atoms with Crippen LogP contribution in [0.3, 0.4) is 0 Å². The lowest BCUT2D eigenvalue weighted by Crippen LogP contribution is -2.09. The van der Waals surface area contributed by atoms with E-state index in [0.717, 1.165) is 32.8 Å². The van der Waals surface area contributed by atoms with Crippen LogP contribution in [0.15, 0.2) is 34.8 Å². The molecule has 146 valence electrons. The predicted molar refractivity (Wildman–Crippen MR) is 106 cm³/mol. The number of carboxylic acids is 2. The Morgan fingerprint density at radius 3 is 2.15 bits per heavy atom. The van der Waals surface area contributed by atoms with Crippen molar-refractivity contribution in [1.82, 2.24) is 0 Å². The molecule has 0 unspecified atom stereocenters. The molecule has 0 aliphatic heterocycles. The van der Waals surface area contributed by atoms with E-state index < -0.39 is 11.9 Å². The molecule has 2 aromatic rings. The Morgan fingerprint density at radius 2 is 1.67 bits per heavy atom. The van der Waals surface area contributed by atoms with E-state index in [-0.39, 0.29) is 0 Å². The van der Waals surface area contributed by atoms with Gasteiger partial charge in [0.05, 0.1) is 14.2 Å². The van der Waals surface area contributed by atoms with Crippen molar-refractivity contribution in [3.05, 3.63) is 51.5 Å². The van der Waals surface area contributed by atoms with E-state index in [0.29, 0.717) is 6.54 Å². The minimum Gasteiger partial charge on any atom is -0.496 e. The van der Waals surface area contributed by atoms with Gasteiger partial charge in [-0.3, -0.25) is 0 Å². The second-order valence-electron chi connectivity index (χ2n) is 5.51. The minimum absolute atomic E-state index is 0.703. The number of nitrogens with one attached hydrogen (secondary N) is 1. The largest absolute Gasteiger partial charge is 0.496 e. The first-order valence-corrected chi connectivity index (χ1v) is 8.67. The first-order valence-electron chi connectivity index (χ1n) is 7.88. The Kier molecular flexibility index (Phi) is 8.61. The van der Waals surface area contributed by atoms with Crippen LogP contribution in [0.2, 0.25) is 0 Å². The van der Waals surface area contributed by atoms with Crippen LogP contribution in [0, 0.1) is 13.8 Å². The average molecular weight is 440 g/mol. The Labute approximate surface area is 166 Å². The summed E-state index contributed by atoms with van der Waals surface area (Å²) in [6, 6.07) is 10.2. The molecule has 0 radical (unpaired) electrons. The number of rotatable bonds is 5. The lowest BCUT2D eigenvalue weighted by atomic mass is 10.1. The molecule has 0 aromatic heterocycles. The Morgan fingerprint density at radius 1 is 1.04 bits per heavy atom. The fourth-order valence-electron chi connectivity index (χ4n) is 2.33.